The van der Waals surface area contributed by atoms with Crippen LogP contribution in [0.5, 0.6) is 5.75 Å². The largest absolute Gasteiger partial charge is 0.494 e. The SMILES string of the molecule is CCOc1ccc(CN2CC(c3noc(CNC(=O)c4ccccc4)n3)CC2=O)cc1. The molecular weight excluding hydrogens is 396 g/mol. The number of nitrogens with one attached hydrogen (secondary N) is 1. The van der Waals surface area contributed by atoms with Crippen LogP contribution in [0.25, 0.3) is 0 Å². The molecule has 2 aromatic carbocycles. The van der Waals surface area contributed by atoms with Gasteiger partial charge in [-0.1, -0.05) is 35.5 Å². The summed E-state index contributed by atoms with van der Waals surface area (Å²) in [6.45, 7) is 3.75. The first-order valence-electron chi connectivity index (χ1n) is 10.3. The Morgan fingerprint density at radius 1 is 1.19 bits per heavy atom. The fourth-order valence-corrected chi connectivity index (χ4v) is 3.53. The van der Waals surface area contributed by atoms with Crippen molar-refractivity contribution in [3.05, 3.63) is 77.4 Å². The number of rotatable bonds is 8. The molecule has 8 nitrogen and oxygen atoms in total. The molecule has 1 saturated heterocycles. The lowest BCUT2D eigenvalue weighted by atomic mass is 10.1. The summed E-state index contributed by atoms with van der Waals surface area (Å²) in [5.41, 5.74) is 1.60. The van der Waals surface area contributed by atoms with Crippen LogP contribution in [0.4, 0.5) is 0 Å². The summed E-state index contributed by atoms with van der Waals surface area (Å²) >= 11 is 0. The Balaban J connectivity index is 1.32. The summed E-state index contributed by atoms with van der Waals surface area (Å²) < 4.78 is 10.7. The van der Waals surface area contributed by atoms with Gasteiger partial charge in [-0.2, -0.15) is 4.98 Å². The number of hydrogen-bond donors (Lipinski definition) is 1. The summed E-state index contributed by atoms with van der Waals surface area (Å²) in [6.07, 6.45) is 0.340. The van der Waals surface area contributed by atoms with E-state index in [2.05, 4.69) is 15.5 Å². The van der Waals surface area contributed by atoms with E-state index < -0.39 is 0 Å². The number of carbonyl (C=O) groups excluding carboxylic acids is 2. The third kappa shape index (κ3) is 5.09. The van der Waals surface area contributed by atoms with Crippen molar-refractivity contribution >= 4 is 11.8 Å². The van der Waals surface area contributed by atoms with E-state index in [1.807, 2.05) is 37.3 Å². The minimum absolute atomic E-state index is 0.0580. The molecule has 1 aliphatic heterocycles. The van der Waals surface area contributed by atoms with Crippen LogP contribution in [0.2, 0.25) is 0 Å². The molecule has 160 valence electrons. The van der Waals surface area contributed by atoms with Crippen molar-refractivity contribution in [2.45, 2.75) is 32.4 Å². The topological polar surface area (TPSA) is 97.6 Å². The predicted octanol–water partition coefficient (Wildman–Crippen LogP) is 2.91. The molecule has 2 amide bonds. The van der Waals surface area contributed by atoms with E-state index >= 15 is 0 Å². The van der Waals surface area contributed by atoms with Crippen LogP contribution in [-0.2, 0) is 17.9 Å². The molecule has 8 heteroatoms. The average Bonchev–Trinajstić information content (AvgIpc) is 3.41. The van der Waals surface area contributed by atoms with Gasteiger partial charge in [0.25, 0.3) is 5.91 Å². The highest BCUT2D eigenvalue weighted by molar-refractivity contribution is 5.93. The summed E-state index contributed by atoms with van der Waals surface area (Å²) in [6, 6.07) is 16.7. The second kappa shape index (κ2) is 9.42. The quantitative estimate of drug-likeness (QED) is 0.602. The Bertz CT molecular complexity index is 1030. The highest BCUT2D eigenvalue weighted by Gasteiger charge is 2.33. The minimum Gasteiger partial charge on any atom is -0.494 e. The van der Waals surface area contributed by atoms with Crippen molar-refractivity contribution < 1.29 is 18.8 Å². The van der Waals surface area contributed by atoms with Crippen LogP contribution in [0, 0.1) is 0 Å². The van der Waals surface area contributed by atoms with Crippen molar-refractivity contribution in [1.29, 1.82) is 0 Å². The van der Waals surface area contributed by atoms with Gasteiger partial charge < -0.3 is 19.5 Å². The smallest absolute Gasteiger partial charge is 0.251 e. The van der Waals surface area contributed by atoms with Crippen LogP contribution in [0.3, 0.4) is 0 Å². The second-order valence-electron chi connectivity index (χ2n) is 7.35. The Hall–Kier alpha value is -3.68. The van der Waals surface area contributed by atoms with Gasteiger partial charge in [0.1, 0.15) is 5.75 Å². The number of amides is 2. The maximum atomic E-state index is 12.5. The van der Waals surface area contributed by atoms with Crippen LogP contribution >= 0.6 is 0 Å². The third-order valence-corrected chi connectivity index (χ3v) is 5.11. The normalized spacial score (nSPS) is 15.8. The molecule has 0 spiro atoms. The summed E-state index contributed by atoms with van der Waals surface area (Å²) in [7, 11) is 0. The average molecular weight is 420 g/mol. The van der Waals surface area contributed by atoms with E-state index in [1.54, 1.807) is 29.2 Å². The van der Waals surface area contributed by atoms with Gasteiger partial charge in [-0.05, 0) is 36.8 Å². The van der Waals surface area contributed by atoms with E-state index in [-0.39, 0.29) is 24.3 Å². The van der Waals surface area contributed by atoms with Gasteiger partial charge >= 0.3 is 0 Å². The lowest BCUT2D eigenvalue weighted by molar-refractivity contribution is -0.128. The number of nitrogens with zero attached hydrogens (tertiary/aromatic N) is 3. The number of hydrogen-bond acceptors (Lipinski definition) is 6. The first kappa shape index (κ1) is 20.6. The van der Waals surface area contributed by atoms with Gasteiger partial charge in [-0.15, -0.1) is 0 Å². The zero-order valence-corrected chi connectivity index (χ0v) is 17.3. The van der Waals surface area contributed by atoms with Gasteiger partial charge in [0.05, 0.1) is 13.2 Å². The molecule has 2 heterocycles. The number of likely N-dealkylation sites (tertiary alicyclic amines) is 1. The molecule has 4 rings (SSSR count). The predicted molar refractivity (Wildman–Crippen MR) is 112 cm³/mol. The Morgan fingerprint density at radius 3 is 2.71 bits per heavy atom. The molecule has 0 aliphatic carbocycles. The highest BCUT2D eigenvalue weighted by atomic mass is 16.5. The fourth-order valence-electron chi connectivity index (χ4n) is 3.53. The molecule has 0 saturated carbocycles. The van der Waals surface area contributed by atoms with Crippen molar-refractivity contribution in [3.63, 3.8) is 0 Å². The molecule has 1 fully saturated rings. The van der Waals surface area contributed by atoms with Crippen LogP contribution in [-0.4, -0.2) is 40.0 Å². The lowest BCUT2D eigenvalue weighted by Crippen LogP contribution is -2.24. The van der Waals surface area contributed by atoms with Gasteiger partial charge in [-0.3, -0.25) is 9.59 Å². The van der Waals surface area contributed by atoms with Gasteiger partial charge in [-0.25, -0.2) is 0 Å². The standard InChI is InChI=1S/C23H24N4O4/c1-2-30-19-10-8-16(9-11-19)14-27-15-18(12-21(27)28)22-25-20(31-26-22)13-24-23(29)17-6-4-3-5-7-17/h3-11,18H,2,12-15H2,1H3,(H,24,29). The summed E-state index contributed by atoms with van der Waals surface area (Å²) in [4.78, 5) is 30.8. The van der Waals surface area contributed by atoms with E-state index in [4.69, 9.17) is 9.26 Å². The zero-order valence-electron chi connectivity index (χ0n) is 17.3. The highest BCUT2D eigenvalue weighted by Crippen LogP contribution is 2.27. The van der Waals surface area contributed by atoms with Gasteiger partial charge in [0.15, 0.2) is 5.82 Å². The van der Waals surface area contributed by atoms with Crippen molar-refractivity contribution in [2.75, 3.05) is 13.2 Å². The van der Waals surface area contributed by atoms with E-state index in [0.29, 0.717) is 43.4 Å². The summed E-state index contributed by atoms with van der Waals surface area (Å²) in [5, 5.41) is 6.78. The number of aromatic nitrogens is 2. The first-order chi connectivity index (χ1) is 15.1. The monoisotopic (exact) mass is 420 g/mol. The second-order valence-corrected chi connectivity index (χ2v) is 7.35. The Kier molecular flexibility index (Phi) is 6.26. The van der Waals surface area contributed by atoms with Crippen LogP contribution in [0.15, 0.2) is 59.1 Å². The van der Waals surface area contributed by atoms with Gasteiger partial charge in [0.2, 0.25) is 11.8 Å². The Labute approximate surface area is 180 Å². The van der Waals surface area contributed by atoms with Crippen molar-refractivity contribution in [2.24, 2.45) is 0 Å². The van der Waals surface area contributed by atoms with Crippen molar-refractivity contribution in [3.8, 4) is 5.75 Å². The fraction of sp³-hybridized carbons (Fsp3) is 0.304. The Morgan fingerprint density at radius 2 is 1.97 bits per heavy atom. The molecule has 3 aromatic rings. The number of ether oxygens (including phenoxy) is 1. The molecule has 1 N–H and O–H groups in total. The zero-order chi connectivity index (χ0) is 21.6. The van der Waals surface area contributed by atoms with Crippen LogP contribution < -0.4 is 10.1 Å². The van der Waals surface area contributed by atoms with Gasteiger partial charge in [0, 0.05) is 31.0 Å². The molecule has 31 heavy (non-hydrogen) atoms. The molecule has 1 aromatic heterocycles. The first-order valence-corrected chi connectivity index (χ1v) is 10.3. The maximum absolute atomic E-state index is 12.5. The lowest BCUT2D eigenvalue weighted by Gasteiger charge is -2.16. The van der Waals surface area contributed by atoms with E-state index in [1.165, 1.54) is 0 Å². The molecule has 0 bridgehead atoms. The molecular formula is C23H24N4O4. The van der Waals surface area contributed by atoms with E-state index in [9.17, 15) is 9.59 Å². The van der Waals surface area contributed by atoms with Crippen molar-refractivity contribution in [1.82, 2.24) is 20.4 Å². The number of benzene rings is 2. The molecule has 1 aliphatic rings. The molecule has 1 unspecified atom stereocenters. The maximum Gasteiger partial charge on any atom is 0.251 e. The summed E-state index contributed by atoms with van der Waals surface area (Å²) in [5.74, 6) is 1.34. The van der Waals surface area contributed by atoms with E-state index in [0.717, 1.165) is 11.3 Å². The molecule has 1 atom stereocenters. The number of carbonyl (C=O) groups is 2. The minimum atomic E-state index is -0.210. The van der Waals surface area contributed by atoms with Crippen LogP contribution in [0.1, 0.15) is 46.9 Å². The third-order valence-electron chi connectivity index (χ3n) is 5.11. The molecule has 0 radical (unpaired) electrons.